The van der Waals surface area contributed by atoms with Gasteiger partial charge < -0.3 is 8.98 Å². The van der Waals surface area contributed by atoms with Gasteiger partial charge in [-0.2, -0.15) is 0 Å². The minimum Gasteiger partial charge on any atom is -0.464 e. The van der Waals surface area contributed by atoms with E-state index in [1.165, 1.54) is 6.42 Å². The summed E-state index contributed by atoms with van der Waals surface area (Å²) in [6.07, 6.45) is 1.26. The van der Waals surface area contributed by atoms with E-state index in [4.69, 9.17) is 4.42 Å². The van der Waals surface area contributed by atoms with Crippen LogP contribution >= 0.6 is 0 Å². The van der Waals surface area contributed by atoms with Gasteiger partial charge in [0.15, 0.2) is 0 Å². The Balaban J connectivity index is 1.59. The Labute approximate surface area is 119 Å². The molecule has 0 aromatic carbocycles. The lowest BCUT2D eigenvalue weighted by Gasteiger charge is -2.14. The lowest BCUT2D eigenvalue weighted by Crippen LogP contribution is -2.19. The van der Waals surface area contributed by atoms with Gasteiger partial charge in [0.1, 0.15) is 23.2 Å². The highest BCUT2D eigenvalue weighted by atomic mass is 16.3. The molecule has 2 aromatic heterocycles. The summed E-state index contributed by atoms with van der Waals surface area (Å²) >= 11 is 0. The molecule has 2 aromatic rings. The molecule has 5 heteroatoms. The fourth-order valence-electron chi connectivity index (χ4n) is 2.55. The van der Waals surface area contributed by atoms with E-state index >= 15 is 0 Å². The molecule has 1 aliphatic rings. The van der Waals surface area contributed by atoms with E-state index < -0.39 is 0 Å². The SMILES string of the molecule is Cc1nnc(CN(C)Cc2ccc([C@H]3C[C@H]3C)o2)n1C. The van der Waals surface area contributed by atoms with E-state index in [9.17, 15) is 0 Å². The Kier molecular flexibility index (Phi) is 3.38. The van der Waals surface area contributed by atoms with E-state index in [0.29, 0.717) is 5.92 Å². The second-order valence-corrected chi connectivity index (χ2v) is 6.02. The van der Waals surface area contributed by atoms with Crippen LogP contribution in [0, 0.1) is 12.8 Å². The molecule has 108 valence electrons. The second-order valence-electron chi connectivity index (χ2n) is 6.02. The average Bonchev–Trinajstić information content (AvgIpc) is 2.81. The van der Waals surface area contributed by atoms with Crippen molar-refractivity contribution < 1.29 is 4.42 Å². The van der Waals surface area contributed by atoms with E-state index in [2.05, 4.69) is 41.2 Å². The Bertz CT molecular complexity index is 601. The Hall–Kier alpha value is -1.62. The van der Waals surface area contributed by atoms with Gasteiger partial charge in [0.2, 0.25) is 0 Å². The van der Waals surface area contributed by atoms with Crippen LogP contribution in [-0.2, 0) is 20.1 Å². The summed E-state index contributed by atoms with van der Waals surface area (Å²) < 4.78 is 7.96. The van der Waals surface area contributed by atoms with Crippen LogP contribution in [0.5, 0.6) is 0 Å². The predicted molar refractivity (Wildman–Crippen MR) is 76.1 cm³/mol. The molecule has 2 atom stereocenters. The van der Waals surface area contributed by atoms with Gasteiger partial charge >= 0.3 is 0 Å². The third-order valence-corrected chi connectivity index (χ3v) is 4.18. The smallest absolute Gasteiger partial charge is 0.146 e. The molecule has 0 bridgehead atoms. The Morgan fingerprint density at radius 1 is 1.35 bits per heavy atom. The second kappa shape index (κ2) is 5.05. The van der Waals surface area contributed by atoms with Crippen LogP contribution in [0.2, 0.25) is 0 Å². The molecule has 0 amide bonds. The fourth-order valence-corrected chi connectivity index (χ4v) is 2.55. The molecule has 1 fully saturated rings. The summed E-state index contributed by atoms with van der Waals surface area (Å²) in [5, 5.41) is 8.27. The molecule has 0 aliphatic heterocycles. The average molecular weight is 274 g/mol. The number of hydrogen-bond acceptors (Lipinski definition) is 4. The maximum Gasteiger partial charge on any atom is 0.146 e. The van der Waals surface area contributed by atoms with Crippen molar-refractivity contribution in [3.05, 3.63) is 35.3 Å². The van der Waals surface area contributed by atoms with E-state index in [-0.39, 0.29) is 0 Å². The van der Waals surface area contributed by atoms with Gasteiger partial charge in [-0.1, -0.05) is 6.92 Å². The predicted octanol–water partition coefficient (Wildman–Crippen LogP) is 2.47. The van der Waals surface area contributed by atoms with Crippen LogP contribution < -0.4 is 0 Å². The minimum atomic E-state index is 0.649. The van der Waals surface area contributed by atoms with Gasteiger partial charge in [0.25, 0.3) is 0 Å². The first kappa shape index (κ1) is 13.4. The first-order chi connectivity index (χ1) is 9.54. The van der Waals surface area contributed by atoms with Crippen molar-refractivity contribution in [2.75, 3.05) is 7.05 Å². The van der Waals surface area contributed by atoms with Gasteiger partial charge in [-0.05, 0) is 38.4 Å². The largest absolute Gasteiger partial charge is 0.464 e. The summed E-state index contributed by atoms with van der Waals surface area (Å²) in [5.74, 6) is 5.53. The molecular formula is C15H22N4O. The topological polar surface area (TPSA) is 47.1 Å². The monoisotopic (exact) mass is 274 g/mol. The third kappa shape index (κ3) is 2.63. The fraction of sp³-hybridized carbons (Fsp3) is 0.600. The number of nitrogens with zero attached hydrogens (tertiary/aromatic N) is 4. The van der Waals surface area contributed by atoms with Crippen molar-refractivity contribution in [3.63, 3.8) is 0 Å². The molecule has 2 heterocycles. The third-order valence-electron chi connectivity index (χ3n) is 4.18. The van der Waals surface area contributed by atoms with Crippen molar-refractivity contribution >= 4 is 0 Å². The van der Waals surface area contributed by atoms with Crippen LogP contribution in [0.3, 0.4) is 0 Å². The molecular weight excluding hydrogens is 252 g/mol. The molecule has 0 saturated heterocycles. The van der Waals surface area contributed by atoms with Crippen LogP contribution in [0.15, 0.2) is 16.5 Å². The van der Waals surface area contributed by atoms with E-state index in [1.54, 1.807) is 0 Å². The minimum absolute atomic E-state index is 0.649. The van der Waals surface area contributed by atoms with Gasteiger partial charge in [-0.3, -0.25) is 4.90 Å². The molecule has 0 unspecified atom stereocenters. The van der Waals surface area contributed by atoms with Crippen molar-refractivity contribution in [2.45, 2.75) is 39.3 Å². The Morgan fingerprint density at radius 2 is 2.10 bits per heavy atom. The van der Waals surface area contributed by atoms with Crippen molar-refractivity contribution in [3.8, 4) is 0 Å². The first-order valence-corrected chi connectivity index (χ1v) is 7.16. The van der Waals surface area contributed by atoms with Gasteiger partial charge in [0, 0.05) is 13.0 Å². The molecule has 1 saturated carbocycles. The summed E-state index contributed by atoms with van der Waals surface area (Å²) in [4.78, 5) is 2.20. The van der Waals surface area contributed by atoms with Crippen molar-refractivity contribution in [2.24, 2.45) is 13.0 Å². The number of rotatable bonds is 5. The molecule has 20 heavy (non-hydrogen) atoms. The van der Waals surface area contributed by atoms with Crippen LogP contribution in [0.25, 0.3) is 0 Å². The van der Waals surface area contributed by atoms with Crippen LogP contribution in [-0.4, -0.2) is 26.7 Å². The van der Waals surface area contributed by atoms with Crippen LogP contribution in [0.1, 0.15) is 42.4 Å². The van der Waals surface area contributed by atoms with E-state index in [0.717, 1.165) is 42.2 Å². The zero-order chi connectivity index (χ0) is 14.3. The van der Waals surface area contributed by atoms with Crippen LogP contribution in [0.4, 0.5) is 0 Å². The number of aromatic nitrogens is 3. The molecule has 0 N–H and O–H groups in total. The molecule has 5 nitrogen and oxygen atoms in total. The summed E-state index contributed by atoms with van der Waals surface area (Å²) in [5.41, 5.74) is 0. The van der Waals surface area contributed by atoms with Crippen molar-refractivity contribution in [1.29, 1.82) is 0 Å². The van der Waals surface area contributed by atoms with Gasteiger partial charge in [-0.25, -0.2) is 0 Å². The number of furan rings is 1. The first-order valence-electron chi connectivity index (χ1n) is 7.16. The highest BCUT2D eigenvalue weighted by Crippen LogP contribution is 2.47. The van der Waals surface area contributed by atoms with Gasteiger partial charge in [0.05, 0.1) is 13.1 Å². The molecule has 1 aliphatic carbocycles. The maximum atomic E-state index is 5.94. The summed E-state index contributed by atoms with van der Waals surface area (Å²) in [6.45, 7) is 5.81. The van der Waals surface area contributed by atoms with Gasteiger partial charge in [-0.15, -0.1) is 10.2 Å². The molecule has 0 spiro atoms. The summed E-state index contributed by atoms with van der Waals surface area (Å²) in [6, 6.07) is 4.22. The zero-order valence-electron chi connectivity index (χ0n) is 12.6. The van der Waals surface area contributed by atoms with Crippen molar-refractivity contribution in [1.82, 2.24) is 19.7 Å². The van der Waals surface area contributed by atoms with E-state index in [1.807, 2.05) is 18.5 Å². The zero-order valence-corrected chi connectivity index (χ0v) is 12.6. The molecule has 0 radical (unpaired) electrons. The standard InChI is InChI=1S/C15H22N4O/c1-10-7-13(10)14-6-5-12(20-14)8-18(3)9-15-17-16-11(2)19(15)4/h5-6,10,13H,7-9H2,1-4H3/t10-,13+/m1/s1. The quantitative estimate of drug-likeness (QED) is 0.840. The summed E-state index contributed by atoms with van der Waals surface area (Å²) in [7, 11) is 4.07. The number of hydrogen-bond donors (Lipinski definition) is 0. The number of aryl methyl sites for hydroxylation is 1. The Morgan fingerprint density at radius 3 is 2.70 bits per heavy atom. The lowest BCUT2D eigenvalue weighted by molar-refractivity contribution is 0.274. The molecule has 3 rings (SSSR count). The normalized spacial score (nSPS) is 21.6. The highest BCUT2D eigenvalue weighted by molar-refractivity contribution is 5.17. The lowest BCUT2D eigenvalue weighted by atomic mass is 10.3. The maximum absolute atomic E-state index is 5.94. The highest BCUT2D eigenvalue weighted by Gasteiger charge is 2.36.